The standard InChI is InChI=1S/C23H32N4O2S/c1-17-6-4-8-21(18(17)2)25-22(28)16-26-11-13-27(14-12-26)19(3)23(29)24-10-9-20-7-5-15-30-20/h4-8,15,19H,9-14,16H2,1-3H3,(H,24,29)(H,25,28)/p+2/t19-/m0/s1. The Balaban J connectivity index is 1.38. The number of carbonyl (C=O) groups excluding carboxylic acids is 2. The fourth-order valence-corrected chi connectivity index (χ4v) is 4.65. The van der Waals surface area contributed by atoms with Gasteiger partial charge in [-0.15, -0.1) is 11.3 Å². The molecule has 162 valence electrons. The van der Waals surface area contributed by atoms with Crippen molar-refractivity contribution >= 4 is 28.8 Å². The molecule has 1 aromatic heterocycles. The third kappa shape index (κ3) is 6.14. The molecular weight excluding hydrogens is 396 g/mol. The zero-order chi connectivity index (χ0) is 21.5. The fraction of sp³-hybridized carbons (Fsp3) is 0.478. The molecule has 0 spiro atoms. The van der Waals surface area contributed by atoms with E-state index in [1.54, 1.807) is 11.3 Å². The molecule has 2 aromatic rings. The predicted octanol–water partition coefficient (Wildman–Crippen LogP) is -0.166. The molecule has 0 aliphatic carbocycles. The molecule has 1 aliphatic heterocycles. The highest BCUT2D eigenvalue weighted by Gasteiger charge is 2.31. The van der Waals surface area contributed by atoms with E-state index in [1.807, 2.05) is 32.0 Å². The fourth-order valence-electron chi connectivity index (χ4n) is 3.94. The quantitative estimate of drug-likeness (QED) is 0.470. The van der Waals surface area contributed by atoms with E-state index in [4.69, 9.17) is 0 Å². The Morgan fingerprint density at radius 2 is 1.87 bits per heavy atom. The Kier molecular flexibility index (Phi) is 8.01. The Bertz CT molecular complexity index is 845. The van der Waals surface area contributed by atoms with Crippen LogP contribution in [0.3, 0.4) is 0 Å². The number of nitrogens with one attached hydrogen (secondary N) is 4. The Morgan fingerprint density at radius 1 is 1.10 bits per heavy atom. The van der Waals surface area contributed by atoms with Gasteiger partial charge in [-0.05, 0) is 55.8 Å². The second kappa shape index (κ2) is 10.7. The van der Waals surface area contributed by atoms with Crippen molar-refractivity contribution in [1.82, 2.24) is 5.32 Å². The van der Waals surface area contributed by atoms with Gasteiger partial charge in [0.05, 0.1) is 0 Å². The summed E-state index contributed by atoms with van der Waals surface area (Å²) >= 11 is 1.73. The first-order chi connectivity index (χ1) is 14.4. The lowest BCUT2D eigenvalue weighted by Crippen LogP contribution is -3.30. The molecule has 1 aliphatic rings. The van der Waals surface area contributed by atoms with E-state index in [1.165, 1.54) is 20.2 Å². The maximum absolute atomic E-state index is 12.5. The maximum Gasteiger partial charge on any atom is 0.279 e. The average Bonchev–Trinajstić information content (AvgIpc) is 3.25. The van der Waals surface area contributed by atoms with Gasteiger partial charge in [0.1, 0.15) is 26.2 Å². The number of amides is 2. The molecule has 2 amide bonds. The molecule has 6 nitrogen and oxygen atoms in total. The van der Waals surface area contributed by atoms with Crippen LogP contribution in [0.5, 0.6) is 0 Å². The maximum atomic E-state index is 12.5. The molecule has 1 atom stereocenters. The van der Waals surface area contributed by atoms with Crippen LogP contribution in [0.25, 0.3) is 0 Å². The minimum absolute atomic E-state index is 0.0568. The molecule has 2 heterocycles. The van der Waals surface area contributed by atoms with Crippen molar-refractivity contribution in [1.29, 1.82) is 0 Å². The van der Waals surface area contributed by atoms with E-state index >= 15 is 0 Å². The molecule has 1 fully saturated rings. The summed E-state index contributed by atoms with van der Waals surface area (Å²) in [6, 6.07) is 10.1. The SMILES string of the molecule is Cc1cccc(NC(=O)C[NH+]2CC[NH+]([C@@H](C)C(=O)NCCc3cccs3)CC2)c1C. The lowest BCUT2D eigenvalue weighted by Gasteiger charge is -2.32. The highest BCUT2D eigenvalue weighted by Crippen LogP contribution is 2.17. The van der Waals surface area contributed by atoms with E-state index < -0.39 is 0 Å². The summed E-state index contributed by atoms with van der Waals surface area (Å²) in [4.78, 5) is 28.9. The highest BCUT2D eigenvalue weighted by molar-refractivity contribution is 7.09. The summed E-state index contributed by atoms with van der Waals surface area (Å²) in [5, 5.41) is 8.19. The van der Waals surface area contributed by atoms with Crippen LogP contribution in [0.15, 0.2) is 35.7 Å². The number of anilines is 1. The predicted molar refractivity (Wildman–Crippen MR) is 121 cm³/mol. The summed E-state index contributed by atoms with van der Waals surface area (Å²) in [7, 11) is 0. The smallest absolute Gasteiger partial charge is 0.279 e. The van der Waals surface area contributed by atoms with Crippen molar-refractivity contribution in [2.75, 3.05) is 44.6 Å². The number of hydrogen-bond acceptors (Lipinski definition) is 3. The molecule has 7 heteroatoms. The lowest BCUT2D eigenvalue weighted by molar-refractivity contribution is -1.01. The minimum atomic E-state index is -0.0568. The molecule has 4 N–H and O–H groups in total. The van der Waals surface area contributed by atoms with Crippen LogP contribution in [-0.4, -0.2) is 57.1 Å². The van der Waals surface area contributed by atoms with Crippen LogP contribution in [0.1, 0.15) is 22.9 Å². The van der Waals surface area contributed by atoms with Crippen molar-refractivity contribution < 1.29 is 19.4 Å². The number of quaternary nitrogens is 2. The van der Waals surface area contributed by atoms with Crippen LogP contribution < -0.4 is 20.4 Å². The number of rotatable bonds is 8. The molecule has 0 bridgehead atoms. The van der Waals surface area contributed by atoms with Crippen molar-refractivity contribution in [3.63, 3.8) is 0 Å². The van der Waals surface area contributed by atoms with Gasteiger partial charge in [0.25, 0.3) is 11.8 Å². The number of hydrogen-bond donors (Lipinski definition) is 4. The second-order valence-electron chi connectivity index (χ2n) is 8.22. The van der Waals surface area contributed by atoms with Crippen molar-refractivity contribution in [3.8, 4) is 0 Å². The average molecular weight is 431 g/mol. The number of benzene rings is 1. The normalized spacial score (nSPS) is 19.8. The van der Waals surface area contributed by atoms with Crippen LogP contribution in [-0.2, 0) is 16.0 Å². The molecule has 1 aromatic carbocycles. The van der Waals surface area contributed by atoms with E-state index in [-0.39, 0.29) is 17.9 Å². The Labute approximate surface area is 183 Å². The van der Waals surface area contributed by atoms with Crippen LogP contribution in [0, 0.1) is 13.8 Å². The van der Waals surface area contributed by atoms with E-state index in [9.17, 15) is 9.59 Å². The van der Waals surface area contributed by atoms with Gasteiger partial charge < -0.3 is 20.4 Å². The topological polar surface area (TPSA) is 67.1 Å². The summed E-state index contributed by atoms with van der Waals surface area (Å²) in [6.45, 7) is 10.9. The monoisotopic (exact) mass is 430 g/mol. The van der Waals surface area contributed by atoms with Gasteiger partial charge >= 0.3 is 0 Å². The molecule has 0 saturated carbocycles. The van der Waals surface area contributed by atoms with Gasteiger partial charge in [0, 0.05) is 17.1 Å². The minimum Gasteiger partial charge on any atom is -0.351 e. The van der Waals surface area contributed by atoms with Crippen LogP contribution in [0.4, 0.5) is 5.69 Å². The second-order valence-corrected chi connectivity index (χ2v) is 9.25. The van der Waals surface area contributed by atoms with E-state index in [2.05, 4.69) is 35.1 Å². The molecule has 1 saturated heterocycles. The zero-order valence-electron chi connectivity index (χ0n) is 18.2. The molecule has 3 rings (SSSR count). The van der Waals surface area contributed by atoms with Gasteiger partial charge in [-0.2, -0.15) is 0 Å². The van der Waals surface area contributed by atoms with Crippen LogP contribution >= 0.6 is 11.3 Å². The zero-order valence-corrected chi connectivity index (χ0v) is 19.0. The summed E-state index contributed by atoms with van der Waals surface area (Å²) in [5.41, 5.74) is 3.20. The summed E-state index contributed by atoms with van der Waals surface area (Å²) < 4.78 is 0. The van der Waals surface area contributed by atoms with Gasteiger partial charge in [0.2, 0.25) is 0 Å². The molecule has 30 heavy (non-hydrogen) atoms. The summed E-state index contributed by atoms with van der Waals surface area (Å²) in [6.07, 6.45) is 0.888. The van der Waals surface area contributed by atoms with Gasteiger partial charge in [-0.1, -0.05) is 18.2 Å². The summed E-state index contributed by atoms with van der Waals surface area (Å²) in [5.74, 6) is 0.180. The van der Waals surface area contributed by atoms with E-state index in [0.29, 0.717) is 13.1 Å². The van der Waals surface area contributed by atoms with Crippen LogP contribution in [0.2, 0.25) is 0 Å². The highest BCUT2D eigenvalue weighted by atomic mass is 32.1. The molecule has 0 unspecified atom stereocenters. The third-order valence-electron chi connectivity index (χ3n) is 6.14. The molecule has 0 radical (unpaired) electrons. The Morgan fingerprint density at radius 3 is 2.57 bits per heavy atom. The lowest BCUT2D eigenvalue weighted by atomic mass is 10.1. The first-order valence-electron chi connectivity index (χ1n) is 10.8. The van der Waals surface area contributed by atoms with Crippen molar-refractivity contribution in [3.05, 3.63) is 51.7 Å². The number of aryl methyl sites for hydroxylation is 1. The Hall–Kier alpha value is -2.22. The van der Waals surface area contributed by atoms with Gasteiger partial charge in [0.15, 0.2) is 12.6 Å². The number of thiophene rings is 1. The molecular formula is C23H34N4O2S+2. The first kappa shape index (κ1) is 22.5. The first-order valence-corrected chi connectivity index (χ1v) is 11.7. The number of piperazine rings is 1. The largest absolute Gasteiger partial charge is 0.351 e. The van der Waals surface area contributed by atoms with E-state index in [0.717, 1.165) is 43.9 Å². The number of carbonyl (C=O) groups is 2. The van der Waals surface area contributed by atoms with Crippen molar-refractivity contribution in [2.24, 2.45) is 0 Å². The van der Waals surface area contributed by atoms with Crippen molar-refractivity contribution in [2.45, 2.75) is 33.2 Å². The van der Waals surface area contributed by atoms with Gasteiger partial charge in [-0.3, -0.25) is 9.59 Å². The van der Waals surface area contributed by atoms with Gasteiger partial charge in [-0.25, -0.2) is 0 Å². The third-order valence-corrected chi connectivity index (χ3v) is 7.08.